The summed E-state index contributed by atoms with van der Waals surface area (Å²) in [5.74, 6) is -1.15. The lowest BCUT2D eigenvalue weighted by molar-refractivity contribution is -0.140. The number of nitrogens with one attached hydrogen (secondary N) is 1. The van der Waals surface area contributed by atoms with Crippen LogP contribution in [-0.4, -0.2) is 53.2 Å². The predicted octanol–water partition coefficient (Wildman–Crippen LogP) is 4.80. The Morgan fingerprint density at radius 3 is 2.12 bits per heavy atom. The van der Waals surface area contributed by atoms with Crippen molar-refractivity contribution in [3.05, 3.63) is 59.7 Å². The van der Waals surface area contributed by atoms with Gasteiger partial charge in [0.15, 0.2) is 0 Å². The van der Waals surface area contributed by atoms with Gasteiger partial charge in [-0.05, 0) is 42.5 Å². The average Bonchev–Trinajstić information content (AvgIpc) is 3.11. The Balaban J connectivity index is 1.61. The highest BCUT2D eigenvalue weighted by atomic mass is 16.5. The van der Waals surface area contributed by atoms with Gasteiger partial charge in [-0.1, -0.05) is 61.9 Å². The monoisotopic (exact) mass is 466 g/mol. The van der Waals surface area contributed by atoms with Crippen LogP contribution in [0.25, 0.3) is 11.1 Å². The number of benzene rings is 2. The first-order valence-electron chi connectivity index (χ1n) is 12.0. The molecule has 0 fully saturated rings. The van der Waals surface area contributed by atoms with E-state index in [4.69, 9.17) is 9.84 Å². The fourth-order valence-electron chi connectivity index (χ4n) is 4.81. The fraction of sp³-hybridized carbons (Fsp3) is 0.444. The topological polar surface area (TPSA) is 95.9 Å². The zero-order valence-corrected chi connectivity index (χ0v) is 20.1. The molecule has 0 heterocycles. The van der Waals surface area contributed by atoms with Crippen molar-refractivity contribution in [2.75, 3.05) is 13.2 Å². The van der Waals surface area contributed by atoms with E-state index in [1.54, 1.807) is 11.8 Å². The molecule has 0 saturated heterocycles. The van der Waals surface area contributed by atoms with E-state index in [1.807, 2.05) is 38.1 Å². The number of aliphatic carboxylic acids is 1. The molecule has 2 aromatic rings. The number of carboxylic acid groups (broad SMARTS) is 1. The van der Waals surface area contributed by atoms with Gasteiger partial charge in [-0.3, -0.25) is 9.59 Å². The number of rotatable bonds is 11. The highest BCUT2D eigenvalue weighted by molar-refractivity contribution is 5.80. The lowest BCUT2D eigenvalue weighted by Gasteiger charge is -2.29. The molecule has 2 amide bonds. The number of hydrogen-bond donors (Lipinski definition) is 2. The normalized spacial score (nSPS) is 14.0. The van der Waals surface area contributed by atoms with Crippen LogP contribution in [0.15, 0.2) is 48.5 Å². The molecule has 0 bridgehead atoms. The van der Waals surface area contributed by atoms with E-state index in [0.29, 0.717) is 13.0 Å². The molecule has 3 rings (SSSR count). The van der Waals surface area contributed by atoms with Crippen LogP contribution in [0.2, 0.25) is 0 Å². The maximum atomic E-state index is 12.8. The minimum atomic E-state index is -0.944. The van der Waals surface area contributed by atoms with E-state index in [-0.39, 0.29) is 37.3 Å². The second-order valence-electron chi connectivity index (χ2n) is 8.79. The number of nitrogens with zero attached hydrogens (tertiary/aromatic N) is 1. The molecule has 1 aliphatic rings. The average molecular weight is 467 g/mol. The standard InChI is InChI=1S/C27H34N2O5/c1-4-10-19(16-25(30)29(5-2)18(3)15-26(31)32)28-27(33)34-17-24-22-13-8-6-11-20(22)21-12-7-9-14-23(21)24/h6-9,11-14,18-19,24H,4-5,10,15-17H2,1-3H3,(H,28,33)(H,31,32). The number of hydrogen-bond acceptors (Lipinski definition) is 4. The van der Waals surface area contributed by atoms with Gasteiger partial charge in [0.1, 0.15) is 6.61 Å². The Hall–Kier alpha value is -3.35. The van der Waals surface area contributed by atoms with E-state index in [9.17, 15) is 14.4 Å². The molecular formula is C27H34N2O5. The first-order valence-corrected chi connectivity index (χ1v) is 12.0. The minimum absolute atomic E-state index is 0.0307. The second kappa shape index (κ2) is 11.7. The Kier molecular flexibility index (Phi) is 8.68. The first kappa shape index (κ1) is 25.3. The number of ether oxygens (including phenoxy) is 1. The van der Waals surface area contributed by atoms with Crippen molar-refractivity contribution < 1.29 is 24.2 Å². The van der Waals surface area contributed by atoms with E-state index >= 15 is 0 Å². The number of carboxylic acids is 1. The SMILES string of the molecule is CCCC(CC(=O)N(CC)C(C)CC(=O)O)NC(=O)OCC1c2ccccc2-c2ccccc21. The van der Waals surface area contributed by atoms with E-state index < -0.39 is 18.1 Å². The lowest BCUT2D eigenvalue weighted by atomic mass is 9.98. The quantitative estimate of drug-likeness (QED) is 0.496. The van der Waals surface area contributed by atoms with Crippen LogP contribution in [-0.2, 0) is 14.3 Å². The molecule has 0 spiro atoms. The van der Waals surface area contributed by atoms with Crippen LogP contribution in [0.1, 0.15) is 63.5 Å². The molecule has 0 aliphatic heterocycles. The summed E-state index contributed by atoms with van der Waals surface area (Å²) >= 11 is 0. The molecule has 0 saturated carbocycles. The van der Waals surface area contributed by atoms with Crippen LogP contribution >= 0.6 is 0 Å². The number of alkyl carbamates (subject to hydrolysis) is 1. The van der Waals surface area contributed by atoms with Gasteiger partial charge in [-0.15, -0.1) is 0 Å². The summed E-state index contributed by atoms with van der Waals surface area (Å²) < 4.78 is 5.63. The number of carbonyl (C=O) groups excluding carboxylic acids is 2. The van der Waals surface area contributed by atoms with Crippen LogP contribution in [0.4, 0.5) is 4.79 Å². The van der Waals surface area contributed by atoms with Gasteiger partial charge < -0.3 is 20.1 Å². The van der Waals surface area contributed by atoms with E-state index in [0.717, 1.165) is 28.7 Å². The van der Waals surface area contributed by atoms with Crippen molar-refractivity contribution in [1.82, 2.24) is 10.2 Å². The van der Waals surface area contributed by atoms with Crippen molar-refractivity contribution >= 4 is 18.0 Å². The number of fused-ring (bicyclic) bond motifs is 3. The van der Waals surface area contributed by atoms with Crippen molar-refractivity contribution in [3.63, 3.8) is 0 Å². The van der Waals surface area contributed by atoms with Gasteiger partial charge >= 0.3 is 12.1 Å². The molecule has 7 nitrogen and oxygen atoms in total. The van der Waals surface area contributed by atoms with Crippen LogP contribution in [0, 0.1) is 0 Å². The highest BCUT2D eigenvalue weighted by Crippen LogP contribution is 2.44. The third kappa shape index (κ3) is 5.95. The molecule has 2 N–H and O–H groups in total. The molecule has 182 valence electrons. The second-order valence-corrected chi connectivity index (χ2v) is 8.79. The van der Waals surface area contributed by atoms with Gasteiger partial charge in [0.05, 0.1) is 6.42 Å². The Labute approximate surface area is 201 Å². The summed E-state index contributed by atoms with van der Waals surface area (Å²) in [4.78, 5) is 38.1. The van der Waals surface area contributed by atoms with E-state index in [2.05, 4.69) is 29.6 Å². The molecule has 2 atom stereocenters. The van der Waals surface area contributed by atoms with Gasteiger partial charge in [0.2, 0.25) is 5.91 Å². The first-order chi connectivity index (χ1) is 16.3. The van der Waals surface area contributed by atoms with Gasteiger partial charge in [-0.2, -0.15) is 0 Å². The summed E-state index contributed by atoms with van der Waals surface area (Å²) in [5.41, 5.74) is 4.61. The predicted molar refractivity (Wildman–Crippen MR) is 131 cm³/mol. The summed E-state index contributed by atoms with van der Waals surface area (Å²) in [6, 6.07) is 15.5. The number of amides is 2. The Morgan fingerprint density at radius 1 is 1.00 bits per heavy atom. The maximum Gasteiger partial charge on any atom is 0.407 e. The van der Waals surface area contributed by atoms with Crippen molar-refractivity contribution in [2.24, 2.45) is 0 Å². The summed E-state index contributed by atoms with van der Waals surface area (Å²) in [7, 11) is 0. The molecule has 0 radical (unpaired) electrons. The molecule has 2 aromatic carbocycles. The van der Waals surface area contributed by atoms with Crippen LogP contribution in [0.3, 0.4) is 0 Å². The van der Waals surface area contributed by atoms with Crippen LogP contribution in [0.5, 0.6) is 0 Å². The molecule has 0 aromatic heterocycles. The minimum Gasteiger partial charge on any atom is -0.481 e. The third-order valence-electron chi connectivity index (χ3n) is 6.39. The van der Waals surface area contributed by atoms with Gasteiger partial charge in [0, 0.05) is 31.0 Å². The zero-order valence-electron chi connectivity index (χ0n) is 20.1. The van der Waals surface area contributed by atoms with Crippen LogP contribution < -0.4 is 5.32 Å². The highest BCUT2D eigenvalue weighted by Gasteiger charge is 2.30. The summed E-state index contributed by atoms with van der Waals surface area (Å²) in [6.07, 6.45) is 0.863. The molecule has 1 aliphatic carbocycles. The maximum absolute atomic E-state index is 12.8. The molecular weight excluding hydrogens is 432 g/mol. The zero-order chi connectivity index (χ0) is 24.7. The fourth-order valence-corrected chi connectivity index (χ4v) is 4.81. The molecule has 2 unspecified atom stereocenters. The Bertz CT molecular complexity index is 976. The summed E-state index contributed by atoms with van der Waals surface area (Å²) in [6.45, 7) is 6.16. The lowest BCUT2D eigenvalue weighted by Crippen LogP contribution is -2.44. The van der Waals surface area contributed by atoms with Crippen molar-refractivity contribution in [3.8, 4) is 11.1 Å². The third-order valence-corrected chi connectivity index (χ3v) is 6.39. The Morgan fingerprint density at radius 2 is 1.59 bits per heavy atom. The number of carbonyl (C=O) groups is 3. The van der Waals surface area contributed by atoms with Gasteiger partial charge in [0.25, 0.3) is 0 Å². The summed E-state index contributed by atoms with van der Waals surface area (Å²) in [5, 5.41) is 11.9. The smallest absolute Gasteiger partial charge is 0.407 e. The molecule has 34 heavy (non-hydrogen) atoms. The van der Waals surface area contributed by atoms with Gasteiger partial charge in [-0.25, -0.2) is 4.79 Å². The largest absolute Gasteiger partial charge is 0.481 e. The van der Waals surface area contributed by atoms with Crippen molar-refractivity contribution in [1.29, 1.82) is 0 Å². The van der Waals surface area contributed by atoms with E-state index in [1.165, 1.54) is 0 Å². The molecule has 7 heteroatoms. The van der Waals surface area contributed by atoms with Crippen molar-refractivity contribution in [2.45, 2.75) is 64.5 Å².